The smallest absolute Gasteiger partial charge is 0.328 e. The number of amides is 3. The molecule has 1 aliphatic heterocycles. The average Bonchev–Trinajstić information content (AvgIpc) is 2.77. The molecule has 2 aromatic rings. The van der Waals surface area contributed by atoms with Crippen LogP contribution in [0.1, 0.15) is 17.5 Å². The Morgan fingerprint density at radius 1 is 1.00 bits per heavy atom. The number of carbonyl (C=O) groups excluding carboxylic acids is 4. The predicted octanol–water partition coefficient (Wildman–Crippen LogP) is 1.11. The molecule has 0 unspecified atom stereocenters. The lowest BCUT2D eigenvalue weighted by Crippen LogP contribution is -2.63. The van der Waals surface area contributed by atoms with E-state index in [0.29, 0.717) is 6.42 Å². The monoisotopic (exact) mass is 549 g/mol. The van der Waals surface area contributed by atoms with Crippen LogP contribution in [0.5, 0.6) is 0 Å². The van der Waals surface area contributed by atoms with E-state index in [9.17, 15) is 19.2 Å². The molecule has 2 aromatic carbocycles. The molecule has 3 amide bonds. The van der Waals surface area contributed by atoms with Crippen LogP contribution in [0.3, 0.4) is 0 Å². The molecule has 0 spiro atoms. The highest BCUT2D eigenvalue weighted by atomic mass is 127. The normalized spacial score (nSPS) is 18.8. The summed E-state index contributed by atoms with van der Waals surface area (Å²) in [7, 11) is 1.25. The zero-order valence-corrected chi connectivity index (χ0v) is 19.6. The van der Waals surface area contributed by atoms with Crippen LogP contribution in [0.4, 0.5) is 0 Å². The van der Waals surface area contributed by atoms with Crippen molar-refractivity contribution in [2.24, 2.45) is 0 Å². The molecule has 3 rings (SSSR count). The standard InChI is InChI=1S/C23H24IN3O5/c1-32-23(31)19(12-15-8-5-9-16(24)10-15)25-20(28)13-18-22(30)26-17(21(29)27-18)11-14-6-3-2-4-7-14/h2-10,17-19H,11-13H2,1H3,(H,25,28)(H,26,30)(H,27,29)/t17-,18-,19+/m0/s1. The van der Waals surface area contributed by atoms with Gasteiger partial charge in [0.05, 0.1) is 13.5 Å². The van der Waals surface area contributed by atoms with E-state index in [0.717, 1.165) is 14.7 Å². The number of benzene rings is 2. The average molecular weight is 549 g/mol. The van der Waals surface area contributed by atoms with Crippen LogP contribution in [-0.2, 0) is 36.8 Å². The lowest BCUT2D eigenvalue weighted by molar-refractivity contribution is -0.145. The minimum atomic E-state index is -1.01. The van der Waals surface area contributed by atoms with Crippen LogP contribution in [0.15, 0.2) is 54.6 Å². The Kier molecular flexibility index (Phi) is 8.20. The third-order valence-corrected chi connectivity index (χ3v) is 5.76. The van der Waals surface area contributed by atoms with Crippen molar-refractivity contribution >= 4 is 46.3 Å². The second-order valence-corrected chi connectivity index (χ2v) is 8.74. The third kappa shape index (κ3) is 6.52. The number of esters is 1. The molecular weight excluding hydrogens is 525 g/mol. The lowest BCUT2D eigenvalue weighted by Gasteiger charge is -2.29. The first-order valence-corrected chi connectivity index (χ1v) is 11.2. The Morgan fingerprint density at radius 2 is 1.66 bits per heavy atom. The lowest BCUT2D eigenvalue weighted by atomic mass is 10.0. The number of halogens is 1. The molecular formula is C23H24IN3O5. The highest BCUT2D eigenvalue weighted by molar-refractivity contribution is 14.1. The molecule has 1 saturated heterocycles. The maximum Gasteiger partial charge on any atom is 0.328 e. The Balaban J connectivity index is 1.58. The van der Waals surface area contributed by atoms with Gasteiger partial charge in [0.2, 0.25) is 17.7 Å². The van der Waals surface area contributed by atoms with E-state index in [1.807, 2.05) is 54.6 Å². The van der Waals surface area contributed by atoms with E-state index < -0.39 is 35.9 Å². The Bertz CT molecular complexity index is 998. The van der Waals surface area contributed by atoms with Crippen LogP contribution in [0, 0.1) is 3.57 Å². The van der Waals surface area contributed by atoms with Gasteiger partial charge < -0.3 is 20.7 Å². The Labute approximate surface area is 199 Å². The van der Waals surface area contributed by atoms with E-state index in [1.54, 1.807) is 0 Å². The van der Waals surface area contributed by atoms with Crippen molar-refractivity contribution in [2.75, 3.05) is 7.11 Å². The maximum atomic E-state index is 12.6. The summed E-state index contributed by atoms with van der Waals surface area (Å²) in [6, 6.07) is 14.3. The van der Waals surface area contributed by atoms with Crippen molar-refractivity contribution in [3.63, 3.8) is 0 Å². The molecule has 0 aromatic heterocycles. The van der Waals surface area contributed by atoms with Gasteiger partial charge in [-0.25, -0.2) is 4.79 Å². The molecule has 3 N–H and O–H groups in total. The summed E-state index contributed by atoms with van der Waals surface area (Å²) in [6.45, 7) is 0. The minimum Gasteiger partial charge on any atom is -0.467 e. The first-order chi connectivity index (χ1) is 15.4. The SMILES string of the molecule is COC(=O)[C@@H](Cc1cccc(I)c1)NC(=O)C[C@@H]1NC(=O)[C@H](Cc2ccccc2)NC1=O. The molecule has 32 heavy (non-hydrogen) atoms. The van der Waals surface area contributed by atoms with E-state index >= 15 is 0 Å². The Hall–Kier alpha value is -2.95. The van der Waals surface area contributed by atoms with Crippen molar-refractivity contribution in [1.29, 1.82) is 0 Å². The summed E-state index contributed by atoms with van der Waals surface area (Å²) < 4.78 is 5.81. The molecule has 0 radical (unpaired) electrons. The van der Waals surface area contributed by atoms with Gasteiger partial charge in [-0.1, -0.05) is 42.5 Å². The quantitative estimate of drug-likeness (QED) is 0.338. The van der Waals surface area contributed by atoms with Crippen LogP contribution < -0.4 is 16.0 Å². The number of hydrogen-bond donors (Lipinski definition) is 3. The zero-order chi connectivity index (χ0) is 23.1. The van der Waals surface area contributed by atoms with Crippen molar-refractivity contribution in [3.05, 3.63) is 69.3 Å². The number of nitrogens with one attached hydrogen (secondary N) is 3. The highest BCUT2D eigenvalue weighted by Crippen LogP contribution is 2.12. The second-order valence-electron chi connectivity index (χ2n) is 7.49. The fourth-order valence-corrected chi connectivity index (χ4v) is 4.09. The third-order valence-electron chi connectivity index (χ3n) is 5.09. The predicted molar refractivity (Wildman–Crippen MR) is 125 cm³/mol. The van der Waals surface area contributed by atoms with Gasteiger partial charge in [-0.05, 0) is 45.9 Å². The molecule has 9 heteroatoms. The number of piperazine rings is 1. The van der Waals surface area contributed by atoms with Crippen LogP contribution in [0.25, 0.3) is 0 Å². The van der Waals surface area contributed by atoms with Gasteiger partial charge in [-0.15, -0.1) is 0 Å². The fourth-order valence-electron chi connectivity index (χ4n) is 3.49. The largest absolute Gasteiger partial charge is 0.467 e. The highest BCUT2D eigenvalue weighted by Gasteiger charge is 2.35. The zero-order valence-electron chi connectivity index (χ0n) is 17.5. The number of rotatable bonds is 8. The van der Waals surface area contributed by atoms with Gasteiger partial charge in [-0.3, -0.25) is 14.4 Å². The van der Waals surface area contributed by atoms with Gasteiger partial charge in [-0.2, -0.15) is 0 Å². The van der Waals surface area contributed by atoms with Gasteiger partial charge in [0.25, 0.3) is 0 Å². The Morgan fingerprint density at radius 3 is 2.34 bits per heavy atom. The van der Waals surface area contributed by atoms with Gasteiger partial charge >= 0.3 is 5.97 Å². The molecule has 0 bridgehead atoms. The molecule has 0 saturated carbocycles. The summed E-state index contributed by atoms with van der Waals surface area (Å²) in [5, 5.41) is 7.91. The summed E-state index contributed by atoms with van der Waals surface area (Å²) in [5.74, 6) is -1.91. The summed E-state index contributed by atoms with van der Waals surface area (Å²) in [5.41, 5.74) is 1.78. The topological polar surface area (TPSA) is 114 Å². The minimum absolute atomic E-state index is 0.248. The molecule has 1 fully saturated rings. The van der Waals surface area contributed by atoms with Crippen molar-refractivity contribution in [1.82, 2.24) is 16.0 Å². The van der Waals surface area contributed by atoms with Crippen LogP contribution >= 0.6 is 22.6 Å². The molecule has 0 aliphatic carbocycles. The van der Waals surface area contributed by atoms with E-state index in [2.05, 4.69) is 38.5 Å². The van der Waals surface area contributed by atoms with Gasteiger partial charge in [0.15, 0.2) is 0 Å². The number of hydrogen-bond acceptors (Lipinski definition) is 5. The first-order valence-electron chi connectivity index (χ1n) is 10.1. The second kappa shape index (κ2) is 11.1. The van der Waals surface area contributed by atoms with Crippen LogP contribution in [0.2, 0.25) is 0 Å². The summed E-state index contributed by atoms with van der Waals surface area (Å²) >= 11 is 2.17. The van der Waals surface area contributed by atoms with Crippen molar-refractivity contribution in [2.45, 2.75) is 37.4 Å². The maximum absolute atomic E-state index is 12.6. The molecule has 3 atom stereocenters. The fraction of sp³-hybridized carbons (Fsp3) is 0.304. The molecule has 168 valence electrons. The molecule has 8 nitrogen and oxygen atoms in total. The summed E-state index contributed by atoms with van der Waals surface area (Å²) in [4.78, 5) is 49.7. The van der Waals surface area contributed by atoms with Crippen LogP contribution in [-0.4, -0.2) is 48.9 Å². The van der Waals surface area contributed by atoms with Crippen molar-refractivity contribution in [3.8, 4) is 0 Å². The number of methoxy groups -OCH3 is 1. The van der Waals surface area contributed by atoms with E-state index in [-0.39, 0.29) is 18.7 Å². The first kappa shape index (κ1) is 23.7. The molecule has 1 aliphatic rings. The molecule has 1 heterocycles. The van der Waals surface area contributed by atoms with E-state index in [1.165, 1.54) is 7.11 Å². The van der Waals surface area contributed by atoms with Gasteiger partial charge in [0, 0.05) is 16.4 Å². The number of ether oxygens (including phenoxy) is 1. The summed E-state index contributed by atoms with van der Waals surface area (Å²) in [6.07, 6.45) is 0.324. The van der Waals surface area contributed by atoms with E-state index in [4.69, 9.17) is 4.74 Å². The number of carbonyl (C=O) groups is 4. The van der Waals surface area contributed by atoms with Crippen molar-refractivity contribution < 1.29 is 23.9 Å². The van der Waals surface area contributed by atoms with Gasteiger partial charge in [0.1, 0.15) is 18.1 Å².